The Hall–Kier alpha value is -1.40. The zero-order chi connectivity index (χ0) is 13.2. The number of hydrogen-bond acceptors (Lipinski definition) is 4. The van der Waals surface area contributed by atoms with Gasteiger partial charge in [-0.05, 0) is 17.7 Å². The van der Waals surface area contributed by atoms with E-state index in [4.69, 9.17) is 0 Å². The predicted octanol–water partition coefficient (Wildman–Crippen LogP) is 1.62. The summed E-state index contributed by atoms with van der Waals surface area (Å²) in [5, 5.41) is 14.4. The Morgan fingerprint density at radius 1 is 1.44 bits per heavy atom. The van der Waals surface area contributed by atoms with Crippen molar-refractivity contribution >= 4 is 12.6 Å². The maximum Gasteiger partial charge on any atom is 0.137 e. The molecule has 6 heteroatoms. The molecule has 1 N–H and O–H groups in total. The first-order valence-electron chi connectivity index (χ1n) is 5.51. The highest BCUT2D eigenvalue weighted by Crippen LogP contribution is 2.30. The van der Waals surface area contributed by atoms with Gasteiger partial charge in [-0.2, -0.15) is 17.7 Å². The zero-order valence-corrected chi connectivity index (χ0v) is 10.8. The van der Waals surface area contributed by atoms with Gasteiger partial charge in [-0.25, -0.2) is 14.1 Å². The number of thiol groups is 1. The van der Waals surface area contributed by atoms with Crippen LogP contribution in [0.4, 0.5) is 4.39 Å². The monoisotopic (exact) mass is 267 g/mol. The van der Waals surface area contributed by atoms with Crippen molar-refractivity contribution in [3.8, 4) is 0 Å². The Morgan fingerprint density at radius 3 is 2.61 bits per heavy atom. The van der Waals surface area contributed by atoms with E-state index in [2.05, 4.69) is 22.7 Å². The summed E-state index contributed by atoms with van der Waals surface area (Å²) >= 11 is 4.32. The topological polar surface area (TPSA) is 50.9 Å². The average Bonchev–Trinajstić information content (AvgIpc) is 2.82. The van der Waals surface area contributed by atoms with Crippen molar-refractivity contribution in [1.82, 2.24) is 14.8 Å². The molecule has 0 saturated carbocycles. The van der Waals surface area contributed by atoms with Gasteiger partial charge >= 0.3 is 0 Å². The van der Waals surface area contributed by atoms with Crippen LogP contribution in [-0.4, -0.2) is 25.1 Å². The Kier molecular flexibility index (Phi) is 3.68. The molecule has 1 aromatic heterocycles. The molecule has 0 fully saturated rings. The van der Waals surface area contributed by atoms with Crippen LogP contribution in [0, 0.1) is 5.82 Å². The molecule has 0 aliphatic carbocycles. The average molecular weight is 267 g/mol. The van der Waals surface area contributed by atoms with Crippen LogP contribution in [0.25, 0.3) is 0 Å². The summed E-state index contributed by atoms with van der Waals surface area (Å²) in [7, 11) is 0. The van der Waals surface area contributed by atoms with E-state index in [1.54, 1.807) is 19.1 Å². The quantitative estimate of drug-likeness (QED) is 0.828. The molecule has 2 rings (SSSR count). The highest BCUT2D eigenvalue weighted by Gasteiger charge is 2.34. The van der Waals surface area contributed by atoms with Gasteiger partial charge in [-0.1, -0.05) is 19.1 Å². The lowest BCUT2D eigenvalue weighted by molar-refractivity contribution is 0.0172. The smallest absolute Gasteiger partial charge is 0.137 e. The fraction of sp³-hybridized carbons (Fsp3) is 0.333. The lowest BCUT2D eigenvalue weighted by Crippen LogP contribution is -2.39. The van der Waals surface area contributed by atoms with Crippen LogP contribution < -0.4 is 0 Å². The molecule has 0 aliphatic heterocycles. The van der Waals surface area contributed by atoms with Gasteiger partial charge in [0.25, 0.3) is 0 Å². The number of hydrogen-bond donors (Lipinski definition) is 2. The van der Waals surface area contributed by atoms with Gasteiger partial charge in [0.15, 0.2) is 0 Å². The van der Waals surface area contributed by atoms with Crippen molar-refractivity contribution in [3.05, 3.63) is 48.3 Å². The molecule has 1 unspecified atom stereocenters. The number of nitrogens with zero attached hydrogens (tertiary/aromatic N) is 3. The van der Waals surface area contributed by atoms with E-state index >= 15 is 0 Å². The largest absolute Gasteiger partial charge is 0.382 e. The molecule has 2 aromatic rings. The Morgan fingerprint density at radius 2 is 2.11 bits per heavy atom. The van der Waals surface area contributed by atoms with E-state index in [9.17, 15) is 9.50 Å². The third kappa shape index (κ3) is 2.54. The maximum atomic E-state index is 12.9. The molecule has 2 atom stereocenters. The fourth-order valence-corrected chi connectivity index (χ4v) is 2.00. The summed E-state index contributed by atoms with van der Waals surface area (Å²) < 4.78 is 14.4. The molecule has 1 heterocycles. The minimum Gasteiger partial charge on any atom is -0.382 e. The molecule has 0 aliphatic rings. The van der Waals surface area contributed by atoms with Crippen LogP contribution >= 0.6 is 12.6 Å². The van der Waals surface area contributed by atoms with Crippen LogP contribution in [0.15, 0.2) is 36.9 Å². The first kappa shape index (κ1) is 13.0. The van der Waals surface area contributed by atoms with Gasteiger partial charge in [0.05, 0.1) is 6.54 Å². The van der Waals surface area contributed by atoms with Crippen LogP contribution in [-0.2, 0) is 12.1 Å². The summed E-state index contributed by atoms with van der Waals surface area (Å²) in [6.07, 6.45) is 2.92. The molecule has 0 spiro atoms. The molecular weight excluding hydrogens is 253 g/mol. The second-order valence-electron chi connectivity index (χ2n) is 4.20. The van der Waals surface area contributed by atoms with E-state index in [0.717, 1.165) is 0 Å². The number of rotatable bonds is 4. The predicted molar refractivity (Wildman–Crippen MR) is 68.8 cm³/mol. The molecule has 1 aromatic carbocycles. The van der Waals surface area contributed by atoms with Gasteiger partial charge in [-0.15, -0.1) is 0 Å². The highest BCUT2D eigenvalue weighted by molar-refractivity contribution is 7.81. The van der Waals surface area contributed by atoms with Crippen LogP contribution in [0.3, 0.4) is 0 Å². The van der Waals surface area contributed by atoms with Crippen LogP contribution in [0.5, 0.6) is 0 Å². The lowest BCUT2D eigenvalue weighted by atomic mass is 9.90. The molecule has 0 radical (unpaired) electrons. The minimum atomic E-state index is -1.23. The number of benzene rings is 1. The third-order valence-electron chi connectivity index (χ3n) is 2.90. The summed E-state index contributed by atoms with van der Waals surface area (Å²) in [5.74, 6) is -0.339. The first-order valence-corrected chi connectivity index (χ1v) is 6.03. The van der Waals surface area contributed by atoms with Crippen LogP contribution in [0.1, 0.15) is 12.5 Å². The molecule has 0 amide bonds. The molecule has 18 heavy (non-hydrogen) atoms. The third-order valence-corrected chi connectivity index (χ3v) is 3.33. The SMILES string of the molecule is C[C@@H](S)C(O)(Cn1cncn1)c1ccc(F)cc1. The van der Waals surface area contributed by atoms with Crippen molar-refractivity contribution in [2.45, 2.75) is 24.3 Å². The lowest BCUT2D eigenvalue weighted by Gasteiger charge is -2.31. The molecular formula is C12H14FN3OS. The number of aliphatic hydroxyl groups is 1. The molecule has 0 saturated heterocycles. The van der Waals surface area contributed by atoms with Crippen molar-refractivity contribution in [2.24, 2.45) is 0 Å². The van der Waals surface area contributed by atoms with Crippen molar-refractivity contribution in [1.29, 1.82) is 0 Å². The first-order chi connectivity index (χ1) is 8.52. The van der Waals surface area contributed by atoms with Gasteiger partial charge in [0.1, 0.15) is 24.1 Å². The van der Waals surface area contributed by atoms with Gasteiger partial charge < -0.3 is 5.11 Å². The molecule has 0 bridgehead atoms. The molecule has 4 nitrogen and oxygen atoms in total. The van der Waals surface area contributed by atoms with E-state index in [0.29, 0.717) is 5.56 Å². The number of aromatic nitrogens is 3. The van der Waals surface area contributed by atoms with Gasteiger partial charge in [0, 0.05) is 5.25 Å². The molecule has 96 valence electrons. The van der Waals surface area contributed by atoms with Crippen molar-refractivity contribution in [3.63, 3.8) is 0 Å². The number of halogens is 1. The standard InChI is InChI=1S/C12H14FN3OS/c1-9(18)12(17,6-16-8-14-7-15-16)10-2-4-11(13)5-3-10/h2-5,7-9,17-18H,6H2,1H3/t9-,12?/m1/s1. The van der Waals surface area contributed by atoms with E-state index in [1.165, 1.54) is 29.5 Å². The highest BCUT2D eigenvalue weighted by atomic mass is 32.1. The Bertz CT molecular complexity index is 501. The summed E-state index contributed by atoms with van der Waals surface area (Å²) in [6.45, 7) is 1.99. The second kappa shape index (κ2) is 5.07. The summed E-state index contributed by atoms with van der Waals surface area (Å²) in [5.41, 5.74) is -0.633. The Labute approximate surface area is 110 Å². The van der Waals surface area contributed by atoms with Crippen LogP contribution in [0.2, 0.25) is 0 Å². The maximum absolute atomic E-state index is 12.9. The fourth-order valence-electron chi connectivity index (χ4n) is 1.76. The second-order valence-corrected chi connectivity index (χ2v) is 4.97. The van der Waals surface area contributed by atoms with Crippen molar-refractivity contribution in [2.75, 3.05) is 0 Å². The van der Waals surface area contributed by atoms with E-state index < -0.39 is 5.60 Å². The Balaban J connectivity index is 2.34. The minimum absolute atomic E-state index is 0.212. The van der Waals surface area contributed by atoms with E-state index in [1.807, 2.05) is 0 Å². The summed E-state index contributed by atoms with van der Waals surface area (Å²) in [6, 6.07) is 5.74. The zero-order valence-electron chi connectivity index (χ0n) is 9.86. The van der Waals surface area contributed by atoms with E-state index in [-0.39, 0.29) is 17.6 Å². The summed E-state index contributed by atoms with van der Waals surface area (Å²) in [4.78, 5) is 3.83. The van der Waals surface area contributed by atoms with Gasteiger partial charge in [0.2, 0.25) is 0 Å². The van der Waals surface area contributed by atoms with Gasteiger partial charge in [-0.3, -0.25) is 0 Å². The van der Waals surface area contributed by atoms with Crippen molar-refractivity contribution < 1.29 is 9.50 Å². The normalized spacial score (nSPS) is 16.2.